The Balaban J connectivity index is 2.20. The van der Waals surface area contributed by atoms with E-state index < -0.39 is 0 Å². The molecule has 110 valence electrons. The van der Waals surface area contributed by atoms with Gasteiger partial charge in [0.1, 0.15) is 0 Å². The highest BCUT2D eigenvalue weighted by Gasteiger charge is 2.03. The van der Waals surface area contributed by atoms with Gasteiger partial charge in [0, 0.05) is 14.2 Å². The maximum Gasteiger partial charge on any atom is 0.198 e. The number of benzene rings is 2. The molecule has 3 nitrogen and oxygen atoms in total. The molecule has 6 heteroatoms. The number of nitrogens with zero attached hydrogens (tertiary/aromatic N) is 1. The van der Waals surface area contributed by atoms with Crippen LogP contribution >= 0.6 is 46.0 Å². The molecule has 21 heavy (non-hydrogen) atoms. The largest absolute Gasteiger partial charge is 0.369 e. The van der Waals surface area contributed by atoms with Gasteiger partial charge in [-0.2, -0.15) is 0 Å². The topological polar surface area (TPSA) is 50.4 Å². The zero-order chi connectivity index (χ0) is 15.2. The van der Waals surface area contributed by atoms with Gasteiger partial charge in [-0.15, -0.1) is 11.8 Å². The Hall–Kier alpha value is -0.920. The fourth-order valence-corrected chi connectivity index (χ4v) is 3.10. The Labute approximate surface area is 147 Å². The van der Waals surface area contributed by atoms with Gasteiger partial charge in [-0.1, -0.05) is 24.6 Å². The first-order valence-corrected chi connectivity index (χ1v) is 8.82. The fourth-order valence-electron chi connectivity index (χ4n) is 1.71. The average Bonchev–Trinajstić information content (AvgIpc) is 2.43. The molecule has 0 spiro atoms. The van der Waals surface area contributed by atoms with Crippen LogP contribution in [0, 0.1) is 3.57 Å². The molecule has 0 aliphatic rings. The van der Waals surface area contributed by atoms with Crippen molar-refractivity contribution in [3.8, 4) is 0 Å². The molecule has 0 aromatic heterocycles. The number of guanidine groups is 1. The van der Waals surface area contributed by atoms with Crippen molar-refractivity contribution in [3.63, 3.8) is 0 Å². The van der Waals surface area contributed by atoms with Crippen molar-refractivity contribution < 1.29 is 0 Å². The van der Waals surface area contributed by atoms with E-state index in [1.165, 1.54) is 0 Å². The van der Waals surface area contributed by atoms with Crippen molar-refractivity contribution in [3.05, 3.63) is 51.1 Å². The molecule has 0 heterocycles. The Kier molecular flexibility index (Phi) is 6.20. The predicted octanol–water partition coefficient (Wildman–Crippen LogP) is 5.11. The molecule has 0 radical (unpaired) electrons. The second-order valence-corrected chi connectivity index (χ2v) is 7.17. The first-order chi connectivity index (χ1) is 10.1. The number of nitrogens with two attached hydrogens (primary N) is 1. The molecule has 0 amide bonds. The van der Waals surface area contributed by atoms with E-state index in [0.717, 1.165) is 19.9 Å². The number of anilines is 1. The van der Waals surface area contributed by atoms with E-state index in [2.05, 4.69) is 39.8 Å². The minimum Gasteiger partial charge on any atom is -0.369 e. The highest BCUT2D eigenvalue weighted by molar-refractivity contribution is 14.1. The van der Waals surface area contributed by atoms with Gasteiger partial charge in [0.05, 0.1) is 10.7 Å². The smallest absolute Gasteiger partial charge is 0.198 e. The Morgan fingerprint density at radius 3 is 2.86 bits per heavy atom. The first-order valence-electron chi connectivity index (χ1n) is 6.37. The summed E-state index contributed by atoms with van der Waals surface area (Å²) in [5, 5.41) is 3.65. The Morgan fingerprint density at radius 2 is 2.14 bits per heavy atom. The van der Waals surface area contributed by atoms with E-state index in [4.69, 9.17) is 17.3 Å². The lowest BCUT2D eigenvalue weighted by Crippen LogP contribution is -2.21. The summed E-state index contributed by atoms with van der Waals surface area (Å²) >= 11 is 10.2. The van der Waals surface area contributed by atoms with Crippen LogP contribution in [0.25, 0.3) is 0 Å². The van der Waals surface area contributed by atoms with Crippen LogP contribution in [0.5, 0.6) is 0 Å². The number of hydrogen-bond donors (Lipinski definition) is 2. The Bertz CT molecular complexity index is 661. The van der Waals surface area contributed by atoms with Crippen LogP contribution in [0.2, 0.25) is 5.02 Å². The van der Waals surface area contributed by atoms with Crippen LogP contribution in [0.4, 0.5) is 11.4 Å². The van der Waals surface area contributed by atoms with Gasteiger partial charge in [-0.3, -0.25) is 0 Å². The standard InChI is InChI=1S/C15H15ClIN3S/c1-2-21-12-6-7-13(16)14(9-12)20-15(18)19-11-5-3-4-10(17)8-11/h3-9H,2H2,1H3,(H3,18,19,20). The molecular weight excluding hydrogens is 417 g/mol. The molecule has 0 saturated heterocycles. The van der Waals surface area contributed by atoms with Crippen molar-refractivity contribution in [2.45, 2.75) is 11.8 Å². The number of hydrogen-bond acceptors (Lipinski definition) is 2. The summed E-state index contributed by atoms with van der Waals surface area (Å²) in [5.74, 6) is 1.32. The molecule has 0 fully saturated rings. The van der Waals surface area contributed by atoms with E-state index in [1.54, 1.807) is 11.8 Å². The average molecular weight is 432 g/mol. The number of nitrogens with one attached hydrogen (secondary N) is 1. The van der Waals surface area contributed by atoms with Gasteiger partial charge in [-0.05, 0) is 64.7 Å². The minimum absolute atomic E-state index is 0.317. The van der Waals surface area contributed by atoms with Crippen LogP contribution < -0.4 is 11.1 Å². The third-order valence-corrected chi connectivity index (χ3v) is 4.43. The number of thioether (sulfide) groups is 1. The molecule has 0 atom stereocenters. The normalized spacial score (nSPS) is 11.5. The van der Waals surface area contributed by atoms with Gasteiger partial charge in [0.25, 0.3) is 0 Å². The molecular formula is C15H15ClIN3S. The van der Waals surface area contributed by atoms with E-state index in [9.17, 15) is 0 Å². The molecule has 3 N–H and O–H groups in total. The molecule has 2 aromatic rings. The monoisotopic (exact) mass is 431 g/mol. The lowest BCUT2D eigenvalue weighted by atomic mass is 10.3. The minimum atomic E-state index is 0.317. The molecule has 0 saturated carbocycles. The molecule has 2 rings (SSSR count). The maximum atomic E-state index is 6.17. The van der Waals surface area contributed by atoms with Crippen LogP contribution in [0.3, 0.4) is 0 Å². The number of halogens is 2. The van der Waals surface area contributed by atoms with Crippen molar-refractivity contribution in [2.75, 3.05) is 11.1 Å². The van der Waals surface area contributed by atoms with Crippen molar-refractivity contribution >= 4 is 63.3 Å². The molecule has 0 aliphatic carbocycles. The third-order valence-electron chi connectivity index (χ3n) is 2.57. The molecule has 0 unspecified atom stereocenters. The SMILES string of the molecule is CCSc1ccc(Cl)c(N=C(N)Nc2cccc(I)c2)c1. The van der Waals surface area contributed by atoms with Crippen LogP contribution in [0.1, 0.15) is 6.92 Å². The molecule has 2 aromatic carbocycles. The highest BCUT2D eigenvalue weighted by Crippen LogP contribution is 2.30. The van der Waals surface area contributed by atoms with Gasteiger partial charge >= 0.3 is 0 Å². The third kappa shape index (κ3) is 5.09. The summed E-state index contributed by atoms with van der Waals surface area (Å²) in [6.07, 6.45) is 0. The highest BCUT2D eigenvalue weighted by atomic mass is 127. The number of rotatable bonds is 4. The summed E-state index contributed by atoms with van der Waals surface area (Å²) in [6.45, 7) is 2.11. The van der Waals surface area contributed by atoms with Crippen LogP contribution in [-0.4, -0.2) is 11.7 Å². The molecule has 0 aliphatic heterocycles. The zero-order valence-corrected chi connectivity index (χ0v) is 15.2. The number of aliphatic imine (C=N–C) groups is 1. The van der Waals surface area contributed by atoms with Gasteiger partial charge < -0.3 is 11.1 Å². The van der Waals surface area contributed by atoms with Crippen molar-refractivity contribution in [2.24, 2.45) is 10.7 Å². The summed E-state index contributed by atoms with van der Waals surface area (Å²) in [7, 11) is 0. The fraction of sp³-hybridized carbons (Fsp3) is 0.133. The summed E-state index contributed by atoms with van der Waals surface area (Å²) < 4.78 is 1.13. The summed E-state index contributed by atoms with van der Waals surface area (Å²) in [4.78, 5) is 5.49. The van der Waals surface area contributed by atoms with Crippen molar-refractivity contribution in [1.82, 2.24) is 0 Å². The lowest BCUT2D eigenvalue weighted by Gasteiger charge is -2.07. The zero-order valence-electron chi connectivity index (χ0n) is 11.4. The lowest BCUT2D eigenvalue weighted by molar-refractivity contribution is 1.37. The van der Waals surface area contributed by atoms with Crippen LogP contribution in [-0.2, 0) is 0 Å². The predicted molar refractivity (Wildman–Crippen MR) is 102 cm³/mol. The van der Waals surface area contributed by atoms with E-state index in [-0.39, 0.29) is 0 Å². The first kappa shape index (κ1) is 16.5. The van der Waals surface area contributed by atoms with Crippen molar-refractivity contribution in [1.29, 1.82) is 0 Å². The van der Waals surface area contributed by atoms with Gasteiger partial charge in [-0.25, -0.2) is 4.99 Å². The van der Waals surface area contributed by atoms with Crippen LogP contribution in [0.15, 0.2) is 52.4 Å². The van der Waals surface area contributed by atoms with Gasteiger partial charge in [0.2, 0.25) is 0 Å². The second kappa shape index (κ2) is 7.91. The quantitative estimate of drug-likeness (QED) is 0.306. The van der Waals surface area contributed by atoms with E-state index in [1.807, 2.05) is 42.5 Å². The maximum absolute atomic E-state index is 6.17. The van der Waals surface area contributed by atoms with E-state index >= 15 is 0 Å². The van der Waals surface area contributed by atoms with E-state index in [0.29, 0.717) is 16.7 Å². The van der Waals surface area contributed by atoms with Gasteiger partial charge in [0.15, 0.2) is 5.96 Å². The molecule has 0 bridgehead atoms. The summed E-state index contributed by atoms with van der Waals surface area (Å²) in [6, 6.07) is 13.7. The summed E-state index contributed by atoms with van der Waals surface area (Å²) in [5.41, 5.74) is 7.52. The Morgan fingerprint density at radius 1 is 1.33 bits per heavy atom. The second-order valence-electron chi connectivity index (χ2n) is 4.18.